The number of hydrogen-bond acceptors (Lipinski definition) is 7. The van der Waals surface area contributed by atoms with Crippen molar-refractivity contribution in [3.63, 3.8) is 0 Å². The summed E-state index contributed by atoms with van der Waals surface area (Å²) in [5, 5.41) is 12.3. The Bertz CT molecular complexity index is 853. The van der Waals surface area contributed by atoms with E-state index < -0.39 is 23.7 Å². The minimum absolute atomic E-state index is 0.0332. The van der Waals surface area contributed by atoms with E-state index in [1.807, 2.05) is 38.1 Å². The minimum Gasteiger partial charge on any atom is -0.503 e. The molecule has 2 rings (SSSR count). The molecule has 0 radical (unpaired) electrons. The Hall–Kier alpha value is -3.29. The molecule has 0 saturated heterocycles. The number of nitrogens with one attached hydrogen (secondary N) is 1. The van der Waals surface area contributed by atoms with E-state index in [1.165, 1.54) is 19.4 Å². The number of methoxy groups -OCH3 is 1. The average Bonchev–Trinajstić information content (AvgIpc) is 2.67. The van der Waals surface area contributed by atoms with Gasteiger partial charge in [0.25, 0.3) is 5.91 Å². The predicted molar refractivity (Wildman–Crippen MR) is 106 cm³/mol. The molecule has 0 aliphatic rings. The van der Waals surface area contributed by atoms with Crippen molar-refractivity contribution in [2.75, 3.05) is 13.7 Å². The molecule has 0 aliphatic carbocycles. The number of esters is 1. The van der Waals surface area contributed by atoms with Gasteiger partial charge in [-0.2, -0.15) is 0 Å². The van der Waals surface area contributed by atoms with Crippen LogP contribution in [-0.4, -0.2) is 47.8 Å². The zero-order valence-corrected chi connectivity index (χ0v) is 17.0. The maximum Gasteiger partial charge on any atom is 0.325 e. The molecule has 1 aromatic carbocycles. The lowest BCUT2D eigenvalue weighted by atomic mass is 10.1. The highest BCUT2D eigenvalue weighted by Gasteiger charge is 2.19. The van der Waals surface area contributed by atoms with Crippen molar-refractivity contribution in [3.05, 3.63) is 47.8 Å². The number of pyridine rings is 1. The molecule has 1 atom stereocenters. The van der Waals surface area contributed by atoms with Crippen LogP contribution in [0, 0.1) is 0 Å². The van der Waals surface area contributed by atoms with Gasteiger partial charge in [0.15, 0.2) is 17.2 Å². The summed E-state index contributed by atoms with van der Waals surface area (Å²) in [5.74, 6) is -0.838. The number of nitrogens with zero attached hydrogens (tertiary/aromatic N) is 1. The normalized spacial score (nSPS) is 11.6. The number of ether oxygens (including phenoxy) is 3. The van der Waals surface area contributed by atoms with Crippen molar-refractivity contribution in [2.45, 2.75) is 39.4 Å². The van der Waals surface area contributed by atoms with Crippen LogP contribution in [0.5, 0.6) is 17.2 Å². The van der Waals surface area contributed by atoms with Gasteiger partial charge < -0.3 is 24.6 Å². The number of hydrogen-bond donors (Lipinski definition) is 2. The number of carbonyl (C=O) groups is 2. The van der Waals surface area contributed by atoms with Crippen LogP contribution >= 0.6 is 0 Å². The van der Waals surface area contributed by atoms with Crippen LogP contribution in [0.1, 0.15) is 36.8 Å². The molecule has 1 heterocycles. The Labute approximate surface area is 169 Å². The van der Waals surface area contributed by atoms with Crippen LogP contribution in [0.3, 0.4) is 0 Å². The van der Waals surface area contributed by atoms with E-state index >= 15 is 0 Å². The number of aromatic hydroxyl groups is 1. The van der Waals surface area contributed by atoms with Crippen LogP contribution in [0.2, 0.25) is 0 Å². The second-order valence-corrected chi connectivity index (χ2v) is 6.67. The van der Waals surface area contributed by atoms with Gasteiger partial charge in [0.2, 0.25) is 0 Å². The molecule has 0 aliphatic heterocycles. The molecule has 1 aromatic heterocycles. The second-order valence-electron chi connectivity index (χ2n) is 6.67. The third-order valence-corrected chi connectivity index (χ3v) is 3.89. The molecule has 1 unspecified atom stereocenters. The topological polar surface area (TPSA) is 107 Å². The zero-order chi connectivity index (χ0) is 21.4. The highest BCUT2D eigenvalue weighted by atomic mass is 16.5. The fraction of sp³-hybridized carbons (Fsp3) is 0.381. The van der Waals surface area contributed by atoms with Gasteiger partial charge in [-0.25, -0.2) is 4.98 Å². The highest BCUT2D eigenvalue weighted by Crippen LogP contribution is 2.27. The first-order valence-corrected chi connectivity index (χ1v) is 9.26. The van der Waals surface area contributed by atoms with Gasteiger partial charge in [-0.1, -0.05) is 18.2 Å². The SMILES string of the molecule is COc1ccnc(C(=O)NCC(=O)OC(C)Cc2ccccc2OC(C)C)c1O. The molecular formula is C21H26N2O6. The predicted octanol–water partition coefficient (Wildman–Crippen LogP) is 2.49. The van der Waals surface area contributed by atoms with E-state index in [1.54, 1.807) is 6.92 Å². The number of benzene rings is 1. The Morgan fingerprint density at radius 1 is 1.14 bits per heavy atom. The largest absolute Gasteiger partial charge is 0.503 e. The van der Waals surface area contributed by atoms with Gasteiger partial charge in [-0.05, 0) is 32.4 Å². The molecule has 1 amide bonds. The first kappa shape index (κ1) is 22.0. The summed E-state index contributed by atoms with van der Waals surface area (Å²) in [6.45, 7) is 5.29. The Kier molecular flexibility index (Phi) is 7.82. The fourth-order valence-electron chi connectivity index (χ4n) is 2.66. The monoisotopic (exact) mass is 402 g/mol. The van der Waals surface area contributed by atoms with Crippen molar-refractivity contribution < 1.29 is 28.9 Å². The third kappa shape index (κ3) is 6.38. The molecule has 156 valence electrons. The molecule has 0 spiro atoms. The summed E-state index contributed by atoms with van der Waals surface area (Å²) in [5.41, 5.74) is 0.695. The molecule has 8 nitrogen and oxygen atoms in total. The maximum atomic E-state index is 12.1. The maximum absolute atomic E-state index is 12.1. The lowest BCUT2D eigenvalue weighted by Gasteiger charge is -2.18. The number of carbonyl (C=O) groups excluding carboxylic acids is 2. The number of amides is 1. The van der Waals surface area contributed by atoms with Gasteiger partial charge in [0, 0.05) is 18.7 Å². The zero-order valence-electron chi connectivity index (χ0n) is 17.0. The third-order valence-electron chi connectivity index (χ3n) is 3.89. The van der Waals surface area contributed by atoms with Gasteiger partial charge in [0.05, 0.1) is 13.2 Å². The molecular weight excluding hydrogens is 376 g/mol. The first-order chi connectivity index (χ1) is 13.8. The van der Waals surface area contributed by atoms with E-state index in [9.17, 15) is 14.7 Å². The fourth-order valence-corrected chi connectivity index (χ4v) is 2.66. The van der Waals surface area contributed by atoms with E-state index in [0.717, 1.165) is 11.3 Å². The second kappa shape index (κ2) is 10.3. The van der Waals surface area contributed by atoms with Crippen molar-refractivity contribution in [1.82, 2.24) is 10.3 Å². The summed E-state index contributed by atoms with van der Waals surface area (Å²) in [6, 6.07) is 8.99. The van der Waals surface area contributed by atoms with Gasteiger partial charge in [-0.3, -0.25) is 9.59 Å². The van der Waals surface area contributed by atoms with Gasteiger partial charge >= 0.3 is 5.97 Å². The van der Waals surface area contributed by atoms with Gasteiger partial charge in [-0.15, -0.1) is 0 Å². The van der Waals surface area contributed by atoms with E-state index in [0.29, 0.717) is 6.42 Å². The number of aromatic nitrogens is 1. The number of rotatable bonds is 9. The van der Waals surface area contributed by atoms with Crippen LogP contribution in [0.4, 0.5) is 0 Å². The Morgan fingerprint density at radius 3 is 2.55 bits per heavy atom. The molecule has 2 N–H and O–H groups in total. The highest BCUT2D eigenvalue weighted by molar-refractivity contribution is 5.97. The molecule has 29 heavy (non-hydrogen) atoms. The average molecular weight is 402 g/mol. The summed E-state index contributed by atoms with van der Waals surface area (Å²) in [7, 11) is 1.36. The Balaban J connectivity index is 1.89. The van der Waals surface area contributed by atoms with Crippen molar-refractivity contribution >= 4 is 11.9 Å². The standard InChI is InChI=1S/C21H26N2O6/c1-13(2)28-16-8-6-5-7-15(16)11-14(3)29-18(24)12-23-21(26)19-20(25)17(27-4)9-10-22-19/h5-10,13-14,25H,11-12H2,1-4H3,(H,23,26). The summed E-state index contributed by atoms with van der Waals surface area (Å²) in [4.78, 5) is 28.0. The summed E-state index contributed by atoms with van der Waals surface area (Å²) in [6.07, 6.45) is 1.41. The molecule has 0 fully saturated rings. The molecule has 8 heteroatoms. The lowest BCUT2D eigenvalue weighted by molar-refractivity contribution is -0.146. The molecule has 2 aromatic rings. The van der Waals surface area contributed by atoms with Crippen LogP contribution in [0.25, 0.3) is 0 Å². The minimum atomic E-state index is -0.707. The molecule has 0 saturated carbocycles. The number of para-hydroxylation sites is 1. The van der Waals surface area contributed by atoms with Crippen molar-refractivity contribution in [1.29, 1.82) is 0 Å². The first-order valence-electron chi connectivity index (χ1n) is 9.26. The summed E-state index contributed by atoms with van der Waals surface area (Å²) >= 11 is 0. The van der Waals surface area contributed by atoms with Gasteiger partial charge in [0.1, 0.15) is 18.4 Å². The van der Waals surface area contributed by atoms with Crippen molar-refractivity contribution in [2.24, 2.45) is 0 Å². The smallest absolute Gasteiger partial charge is 0.325 e. The van der Waals surface area contributed by atoms with E-state index in [2.05, 4.69) is 10.3 Å². The Morgan fingerprint density at radius 2 is 1.86 bits per heavy atom. The molecule has 0 bridgehead atoms. The lowest BCUT2D eigenvalue weighted by Crippen LogP contribution is -2.33. The van der Waals surface area contributed by atoms with E-state index in [-0.39, 0.29) is 24.1 Å². The van der Waals surface area contributed by atoms with Crippen molar-refractivity contribution in [3.8, 4) is 17.2 Å². The van der Waals surface area contributed by atoms with E-state index in [4.69, 9.17) is 14.2 Å². The quantitative estimate of drug-likeness (QED) is 0.621. The van der Waals surface area contributed by atoms with Crippen LogP contribution in [0.15, 0.2) is 36.5 Å². The van der Waals surface area contributed by atoms with Crippen LogP contribution in [-0.2, 0) is 16.0 Å². The van der Waals surface area contributed by atoms with Crippen LogP contribution < -0.4 is 14.8 Å². The summed E-state index contributed by atoms with van der Waals surface area (Å²) < 4.78 is 16.1.